The maximum absolute atomic E-state index is 13.4. The number of aryl methyl sites for hydroxylation is 1. The summed E-state index contributed by atoms with van der Waals surface area (Å²) in [4.78, 5) is 43.9. The van der Waals surface area contributed by atoms with Crippen molar-refractivity contribution in [1.29, 1.82) is 0 Å². The second kappa shape index (κ2) is 9.63. The van der Waals surface area contributed by atoms with Crippen LogP contribution in [-0.2, 0) is 11.3 Å². The largest absolute Gasteiger partial charge is 0.494 e. The topological polar surface area (TPSA) is 112 Å². The van der Waals surface area contributed by atoms with Crippen molar-refractivity contribution in [3.8, 4) is 5.88 Å². The van der Waals surface area contributed by atoms with Crippen molar-refractivity contribution < 1.29 is 14.7 Å². The third-order valence-corrected chi connectivity index (χ3v) is 7.91. The Balaban J connectivity index is 1.54. The van der Waals surface area contributed by atoms with Gasteiger partial charge >= 0.3 is 0 Å². The van der Waals surface area contributed by atoms with Crippen LogP contribution in [0.1, 0.15) is 74.0 Å². The molecule has 10 heteroatoms. The number of aromatic nitrogens is 3. The maximum Gasteiger partial charge on any atom is 0.291 e. The van der Waals surface area contributed by atoms with Gasteiger partial charge in [-0.3, -0.25) is 19.0 Å². The molecule has 3 aliphatic rings. The fourth-order valence-corrected chi connectivity index (χ4v) is 6.07. The van der Waals surface area contributed by atoms with Gasteiger partial charge in [0, 0.05) is 37.3 Å². The first-order chi connectivity index (χ1) is 17.6. The average Bonchev–Trinajstić information content (AvgIpc) is 3.46. The van der Waals surface area contributed by atoms with Crippen LogP contribution in [0.2, 0.25) is 0 Å². The van der Waals surface area contributed by atoms with Crippen molar-refractivity contribution >= 4 is 23.5 Å². The molecule has 4 heterocycles. The number of fused-ring (bicyclic) bond motifs is 1. The number of amides is 2. The average molecular weight is 511 g/mol. The van der Waals surface area contributed by atoms with E-state index in [1.54, 1.807) is 23.6 Å². The molecule has 2 amide bonds. The molecule has 1 atom stereocenters. The smallest absolute Gasteiger partial charge is 0.291 e. The van der Waals surface area contributed by atoms with Gasteiger partial charge in [-0.15, -0.1) is 0 Å². The summed E-state index contributed by atoms with van der Waals surface area (Å²) in [5.41, 5.74) is 0.440. The third-order valence-electron chi connectivity index (χ3n) is 7.91. The van der Waals surface area contributed by atoms with E-state index >= 15 is 0 Å². The number of nitrogens with zero attached hydrogens (tertiary/aromatic N) is 5. The molecule has 1 unspecified atom stereocenters. The summed E-state index contributed by atoms with van der Waals surface area (Å²) in [6.07, 6.45) is 9.12. The lowest BCUT2D eigenvalue weighted by molar-refractivity contribution is -0.131. The van der Waals surface area contributed by atoms with Crippen LogP contribution in [0.15, 0.2) is 10.9 Å². The van der Waals surface area contributed by atoms with Crippen molar-refractivity contribution in [3.63, 3.8) is 0 Å². The van der Waals surface area contributed by atoms with Gasteiger partial charge in [0.15, 0.2) is 5.56 Å². The summed E-state index contributed by atoms with van der Waals surface area (Å²) >= 11 is 0. The maximum atomic E-state index is 13.4. The highest BCUT2D eigenvalue weighted by Crippen LogP contribution is 2.37. The Labute approximate surface area is 216 Å². The van der Waals surface area contributed by atoms with E-state index in [0.717, 1.165) is 58.2 Å². The lowest BCUT2D eigenvalue weighted by Crippen LogP contribution is -2.56. The van der Waals surface area contributed by atoms with Gasteiger partial charge in [0.1, 0.15) is 5.65 Å². The molecule has 2 N–H and O–H groups in total. The van der Waals surface area contributed by atoms with E-state index in [9.17, 15) is 19.5 Å². The summed E-state index contributed by atoms with van der Waals surface area (Å²) < 4.78 is 2.77. The van der Waals surface area contributed by atoms with Gasteiger partial charge in [-0.2, -0.15) is 9.61 Å². The summed E-state index contributed by atoms with van der Waals surface area (Å²) in [6.45, 7) is 8.81. The minimum Gasteiger partial charge on any atom is -0.494 e. The molecule has 10 nitrogen and oxygen atoms in total. The number of hydrogen-bond acceptors (Lipinski definition) is 6. The lowest BCUT2D eigenvalue weighted by Gasteiger charge is -2.44. The third kappa shape index (κ3) is 4.67. The van der Waals surface area contributed by atoms with E-state index in [1.807, 2.05) is 18.7 Å². The van der Waals surface area contributed by atoms with Crippen LogP contribution in [0, 0.1) is 12.8 Å². The molecule has 200 valence electrons. The minimum absolute atomic E-state index is 0.0437. The fourth-order valence-electron chi connectivity index (χ4n) is 6.07. The minimum atomic E-state index is -0.663. The van der Waals surface area contributed by atoms with Crippen LogP contribution in [0.5, 0.6) is 5.88 Å². The van der Waals surface area contributed by atoms with Gasteiger partial charge in [0.05, 0.1) is 11.2 Å². The quantitative estimate of drug-likeness (QED) is 0.576. The number of likely N-dealkylation sites (tertiary alicyclic amines) is 2. The summed E-state index contributed by atoms with van der Waals surface area (Å²) in [5, 5.41) is 18.4. The molecule has 0 bridgehead atoms. The molecule has 1 saturated carbocycles. The first kappa shape index (κ1) is 25.5. The Morgan fingerprint density at radius 2 is 1.92 bits per heavy atom. The van der Waals surface area contributed by atoms with Crippen LogP contribution >= 0.6 is 0 Å². The van der Waals surface area contributed by atoms with Crippen molar-refractivity contribution in [2.24, 2.45) is 5.92 Å². The van der Waals surface area contributed by atoms with E-state index < -0.39 is 11.5 Å². The molecule has 2 aliphatic heterocycles. The normalized spacial score (nSPS) is 22.7. The van der Waals surface area contributed by atoms with E-state index in [0.29, 0.717) is 23.4 Å². The summed E-state index contributed by atoms with van der Waals surface area (Å²) in [7, 11) is 2.11. The Morgan fingerprint density at radius 1 is 1.22 bits per heavy atom. The number of likely N-dealkylation sites (N-methyl/N-ethyl adjacent to an activating group) is 1. The Hall–Kier alpha value is -3.14. The van der Waals surface area contributed by atoms with E-state index in [-0.39, 0.29) is 34.8 Å². The van der Waals surface area contributed by atoms with Gasteiger partial charge in [-0.1, -0.05) is 13.8 Å². The number of aromatic hydroxyl groups is 1. The van der Waals surface area contributed by atoms with E-state index in [1.165, 1.54) is 4.52 Å². The van der Waals surface area contributed by atoms with Gasteiger partial charge in [-0.25, -0.2) is 0 Å². The highest BCUT2D eigenvalue weighted by Gasteiger charge is 2.44. The van der Waals surface area contributed by atoms with Crippen molar-refractivity contribution in [2.75, 3.05) is 26.7 Å². The monoisotopic (exact) mass is 510 g/mol. The summed E-state index contributed by atoms with van der Waals surface area (Å²) in [6, 6.07) is 0.0437. The lowest BCUT2D eigenvalue weighted by atomic mass is 9.86. The van der Waals surface area contributed by atoms with Crippen LogP contribution in [0.4, 0.5) is 0 Å². The van der Waals surface area contributed by atoms with Crippen LogP contribution in [0.25, 0.3) is 11.7 Å². The van der Waals surface area contributed by atoms with Crippen molar-refractivity contribution in [2.45, 2.75) is 77.4 Å². The molecule has 0 radical (unpaired) electrons. The molecule has 0 aromatic carbocycles. The van der Waals surface area contributed by atoms with Gasteiger partial charge in [0.25, 0.3) is 11.5 Å². The van der Waals surface area contributed by atoms with E-state index in [2.05, 4.69) is 22.4 Å². The number of hydrogen-bond donors (Lipinski definition) is 2. The second-order valence-electron chi connectivity index (χ2n) is 11.5. The molecular formula is C27H38N6O4. The Bertz CT molecular complexity index is 1320. The first-order valence-electron chi connectivity index (χ1n) is 13.5. The number of carbonyl (C=O) groups is 2. The zero-order valence-electron chi connectivity index (χ0n) is 22.3. The first-order valence-corrected chi connectivity index (χ1v) is 13.5. The predicted molar refractivity (Wildman–Crippen MR) is 141 cm³/mol. The fraction of sp³-hybridized carbons (Fsp3) is 0.630. The molecule has 2 saturated heterocycles. The second-order valence-corrected chi connectivity index (χ2v) is 11.5. The Morgan fingerprint density at radius 3 is 2.57 bits per heavy atom. The molecule has 1 aliphatic carbocycles. The highest BCUT2D eigenvalue weighted by molar-refractivity contribution is 5.97. The molecule has 2 aromatic rings. The standard InChI is InChI=1S/C27H38N6O4/c1-17(2)15-31-24-20(9-10-21(34)32-14-6-12-27(32)11-5-13-30(4)16-27)18(3)29-33(24)26(37)22(25(31)36)23(35)28-19-7-8-19/h9-10,17,19,36H,5-8,11-16H2,1-4H3,(H,28,35)/b10-9+. The zero-order chi connectivity index (χ0) is 26.5. The zero-order valence-corrected chi connectivity index (χ0v) is 22.3. The predicted octanol–water partition coefficient (Wildman–Crippen LogP) is 2.16. The number of rotatable bonds is 6. The van der Waals surface area contributed by atoms with E-state index in [4.69, 9.17) is 0 Å². The molecule has 5 rings (SSSR count). The number of carbonyl (C=O) groups excluding carboxylic acids is 2. The van der Waals surface area contributed by atoms with Gasteiger partial charge < -0.3 is 20.2 Å². The summed E-state index contributed by atoms with van der Waals surface area (Å²) in [5.74, 6) is -0.873. The van der Waals surface area contributed by atoms with Crippen molar-refractivity contribution in [1.82, 2.24) is 29.3 Å². The molecule has 1 spiro atoms. The highest BCUT2D eigenvalue weighted by atomic mass is 16.3. The van der Waals surface area contributed by atoms with Crippen LogP contribution in [0.3, 0.4) is 0 Å². The molecular weight excluding hydrogens is 472 g/mol. The Kier molecular flexibility index (Phi) is 6.64. The van der Waals surface area contributed by atoms with Crippen molar-refractivity contribution in [3.05, 3.63) is 33.3 Å². The van der Waals surface area contributed by atoms with Crippen LogP contribution < -0.4 is 10.9 Å². The molecule has 2 aromatic heterocycles. The molecule has 3 fully saturated rings. The van der Waals surface area contributed by atoms with Gasteiger partial charge in [-0.05, 0) is 71.0 Å². The molecule has 37 heavy (non-hydrogen) atoms. The van der Waals surface area contributed by atoms with Crippen LogP contribution in [-0.4, -0.2) is 79.2 Å². The van der Waals surface area contributed by atoms with Gasteiger partial charge in [0.2, 0.25) is 11.8 Å². The number of piperidine rings is 1. The number of nitrogens with one attached hydrogen (secondary N) is 1. The SMILES string of the molecule is Cc1nn2c(=O)c(C(=O)NC3CC3)c(O)n(CC(C)C)c2c1/C=C/C(=O)N1CCCC12CCCN(C)C2.